The number of hydrogen-bond acceptors (Lipinski definition) is 2. The standard InChI is InChI=1S/C11H21NO.C2H6/c1-2-7-12(8-3-1)9-10-13-11-5-4-6-11;1-2/h11H,1-10H2;1-2H3. The molecule has 0 amide bonds. The zero-order valence-electron chi connectivity index (χ0n) is 10.5. The molecule has 0 spiro atoms. The summed E-state index contributed by atoms with van der Waals surface area (Å²) < 4.78 is 5.74. The monoisotopic (exact) mass is 213 g/mol. The zero-order valence-corrected chi connectivity index (χ0v) is 10.5. The number of rotatable bonds is 4. The highest BCUT2D eigenvalue weighted by atomic mass is 16.5. The molecule has 0 aromatic heterocycles. The quantitative estimate of drug-likeness (QED) is 0.711. The first-order valence-electron chi connectivity index (χ1n) is 6.79. The highest BCUT2D eigenvalue weighted by molar-refractivity contribution is 4.70. The van der Waals surface area contributed by atoms with Crippen molar-refractivity contribution in [3.05, 3.63) is 0 Å². The maximum Gasteiger partial charge on any atom is 0.0597 e. The Morgan fingerprint density at radius 3 is 2.20 bits per heavy atom. The van der Waals surface area contributed by atoms with Crippen molar-refractivity contribution >= 4 is 0 Å². The van der Waals surface area contributed by atoms with E-state index in [1.807, 2.05) is 13.8 Å². The fourth-order valence-electron chi connectivity index (χ4n) is 2.07. The van der Waals surface area contributed by atoms with Crippen LogP contribution in [0.2, 0.25) is 0 Å². The van der Waals surface area contributed by atoms with Crippen LogP contribution in [0.25, 0.3) is 0 Å². The summed E-state index contributed by atoms with van der Waals surface area (Å²) in [6, 6.07) is 0. The van der Waals surface area contributed by atoms with E-state index in [1.54, 1.807) is 0 Å². The van der Waals surface area contributed by atoms with E-state index in [4.69, 9.17) is 4.74 Å². The Labute approximate surface area is 95.0 Å². The summed E-state index contributed by atoms with van der Waals surface area (Å²) in [5, 5.41) is 0. The molecule has 15 heavy (non-hydrogen) atoms. The third-order valence-electron chi connectivity index (χ3n) is 3.26. The first-order valence-corrected chi connectivity index (χ1v) is 6.79. The summed E-state index contributed by atoms with van der Waals surface area (Å²) in [5.41, 5.74) is 0. The molecule has 1 saturated carbocycles. The molecule has 2 nitrogen and oxygen atoms in total. The van der Waals surface area contributed by atoms with Gasteiger partial charge in [0.1, 0.15) is 0 Å². The van der Waals surface area contributed by atoms with Gasteiger partial charge < -0.3 is 9.64 Å². The number of likely N-dealkylation sites (tertiary alicyclic amines) is 1. The third-order valence-corrected chi connectivity index (χ3v) is 3.26. The number of piperidine rings is 1. The van der Waals surface area contributed by atoms with Crippen LogP contribution in [0.1, 0.15) is 52.4 Å². The molecule has 0 atom stereocenters. The van der Waals surface area contributed by atoms with E-state index in [0.717, 1.165) is 13.2 Å². The van der Waals surface area contributed by atoms with Gasteiger partial charge in [-0.15, -0.1) is 0 Å². The van der Waals surface area contributed by atoms with Crippen molar-refractivity contribution < 1.29 is 4.74 Å². The van der Waals surface area contributed by atoms with Gasteiger partial charge in [-0.05, 0) is 45.2 Å². The van der Waals surface area contributed by atoms with Crippen LogP contribution >= 0.6 is 0 Å². The van der Waals surface area contributed by atoms with Crippen LogP contribution in [0, 0.1) is 0 Å². The van der Waals surface area contributed by atoms with Gasteiger partial charge in [0, 0.05) is 6.54 Å². The van der Waals surface area contributed by atoms with Crippen LogP contribution in [0.5, 0.6) is 0 Å². The van der Waals surface area contributed by atoms with Gasteiger partial charge in [-0.3, -0.25) is 0 Å². The van der Waals surface area contributed by atoms with Crippen LogP contribution < -0.4 is 0 Å². The smallest absolute Gasteiger partial charge is 0.0597 e. The third kappa shape index (κ3) is 4.98. The predicted octanol–water partition coefficient (Wildman–Crippen LogP) is 3.07. The molecule has 1 aliphatic heterocycles. The van der Waals surface area contributed by atoms with Gasteiger partial charge in [-0.2, -0.15) is 0 Å². The minimum Gasteiger partial charge on any atom is -0.377 e. The van der Waals surface area contributed by atoms with E-state index in [0.29, 0.717) is 6.10 Å². The number of nitrogens with zero attached hydrogens (tertiary/aromatic N) is 1. The van der Waals surface area contributed by atoms with Crippen molar-refractivity contribution in [2.45, 2.75) is 58.5 Å². The van der Waals surface area contributed by atoms with Crippen molar-refractivity contribution in [3.8, 4) is 0 Å². The molecule has 2 fully saturated rings. The van der Waals surface area contributed by atoms with Gasteiger partial charge in [0.05, 0.1) is 12.7 Å². The van der Waals surface area contributed by atoms with E-state index < -0.39 is 0 Å². The van der Waals surface area contributed by atoms with E-state index in [1.165, 1.54) is 51.6 Å². The molecule has 0 bridgehead atoms. The van der Waals surface area contributed by atoms with Crippen LogP contribution in [0.4, 0.5) is 0 Å². The normalized spacial score (nSPS) is 22.8. The van der Waals surface area contributed by atoms with E-state index >= 15 is 0 Å². The molecule has 90 valence electrons. The van der Waals surface area contributed by atoms with E-state index in [2.05, 4.69) is 4.90 Å². The zero-order chi connectivity index (χ0) is 10.9. The Bertz CT molecular complexity index is 139. The Kier molecular flexibility index (Phi) is 7.03. The van der Waals surface area contributed by atoms with Gasteiger partial charge >= 0.3 is 0 Å². The topological polar surface area (TPSA) is 12.5 Å². The molecule has 2 aliphatic rings. The Hall–Kier alpha value is -0.0800. The van der Waals surface area contributed by atoms with Crippen molar-refractivity contribution in [2.75, 3.05) is 26.2 Å². The number of ether oxygens (including phenoxy) is 1. The second-order valence-electron chi connectivity index (χ2n) is 4.33. The highest BCUT2D eigenvalue weighted by Crippen LogP contribution is 2.21. The van der Waals surface area contributed by atoms with Gasteiger partial charge in [-0.25, -0.2) is 0 Å². The predicted molar refractivity (Wildman–Crippen MR) is 65.2 cm³/mol. The molecule has 2 rings (SSSR count). The Morgan fingerprint density at radius 1 is 1.00 bits per heavy atom. The maximum atomic E-state index is 5.74. The summed E-state index contributed by atoms with van der Waals surface area (Å²) in [7, 11) is 0. The highest BCUT2D eigenvalue weighted by Gasteiger charge is 2.18. The molecule has 1 heterocycles. The summed E-state index contributed by atoms with van der Waals surface area (Å²) >= 11 is 0. The van der Waals surface area contributed by atoms with Crippen LogP contribution in [0.15, 0.2) is 0 Å². The average molecular weight is 213 g/mol. The Balaban J connectivity index is 0.000000531. The molecular weight excluding hydrogens is 186 g/mol. The molecule has 1 aliphatic carbocycles. The number of hydrogen-bond donors (Lipinski definition) is 0. The lowest BCUT2D eigenvalue weighted by atomic mass is 9.96. The first kappa shape index (κ1) is 13.0. The molecular formula is C13H27NO. The second kappa shape index (κ2) is 8.12. The van der Waals surface area contributed by atoms with Crippen molar-refractivity contribution in [1.82, 2.24) is 4.90 Å². The SMILES string of the molecule is C1CCN(CCOC2CCC2)CC1.CC. The maximum absolute atomic E-state index is 5.74. The minimum absolute atomic E-state index is 0.616. The van der Waals surface area contributed by atoms with E-state index in [-0.39, 0.29) is 0 Å². The largest absolute Gasteiger partial charge is 0.377 e. The first-order chi connectivity index (χ1) is 7.45. The molecule has 0 unspecified atom stereocenters. The van der Waals surface area contributed by atoms with Gasteiger partial charge in [0.15, 0.2) is 0 Å². The molecule has 0 aromatic carbocycles. The van der Waals surface area contributed by atoms with Crippen LogP contribution in [-0.4, -0.2) is 37.2 Å². The lowest BCUT2D eigenvalue weighted by Gasteiger charge is -2.29. The van der Waals surface area contributed by atoms with Crippen LogP contribution in [0.3, 0.4) is 0 Å². The fraction of sp³-hybridized carbons (Fsp3) is 1.00. The van der Waals surface area contributed by atoms with Crippen molar-refractivity contribution in [2.24, 2.45) is 0 Å². The van der Waals surface area contributed by atoms with E-state index in [9.17, 15) is 0 Å². The summed E-state index contributed by atoms with van der Waals surface area (Å²) in [6.07, 6.45) is 8.83. The molecule has 2 heteroatoms. The van der Waals surface area contributed by atoms with Gasteiger partial charge in [0.2, 0.25) is 0 Å². The van der Waals surface area contributed by atoms with Crippen molar-refractivity contribution in [3.63, 3.8) is 0 Å². The minimum atomic E-state index is 0.616. The molecule has 1 saturated heterocycles. The van der Waals surface area contributed by atoms with Crippen molar-refractivity contribution in [1.29, 1.82) is 0 Å². The lowest BCUT2D eigenvalue weighted by Crippen LogP contribution is -2.34. The molecule has 0 aromatic rings. The molecule has 0 radical (unpaired) electrons. The van der Waals surface area contributed by atoms with Gasteiger partial charge in [0.25, 0.3) is 0 Å². The lowest BCUT2D eigenvalue weighted by molar-refractivity contribution is -0.00896. The molecule has 0 N–H and O–H groups in total. The van der Waals surface area contributed by atoms with Crippen LogP contribution in [-0.2, 0) is 4.74 Å². The average Bonchev–Trinajstić information content (AvgIpc) is 2.26. The van der Waals surface area contributed by atoms with Gasteiger partial charge in [-0.1, -0.05) is 20.3 Å². The summed E-state index contributed by atoms with van der Waals surface area (Å²) in [5.74, 6) is 0. The summed E-state index contributed by atoms with van der Waals surface area (Å²) in [6.45, 7) is 8.73. The summed E-state index contributed by atoms with van der Waals surface area (Å²) in [4.78, 5) is 2.54. The Morgan fingerprint density at radius 2 is 1.67 bits per heavy atom. The fourth-order valence-corrected chi connectivity index (χ4v) is 2.07. The second-order valence-corrected chi connectivity index (χ2v) is 4.33.